The predicted octanol–water partition coefficient (Wildman–Crippen LogP) is -0.363. The number of fused-ring (bicyclic) bond motifs is 1. The molecule has 0 bridgehead atoms. The fourth-order valence-corrected chi connectivity index (χ4v) is 4.40. The van der Waals surface area contributed by atoms with Crippen LogP contribution in [0.25, 0.3) is 0 Å². The zero-order valence-corrected chi connectivity index (χ0v) is 15.3. The number of nitrogens with zero attached hydrogens (tertiary/aromatic N) is 6. The molecule has 9 nitrogen and oxygen atoms in total. The van der Waals surface area contributed by atoms with Crippen molar-refractivity contribution in [2.45, 2.75) is 38.8 Å². The van der Waals surface area contributed by atoms with Gasteiger partial charge in [-0.1, -0.05) is 0 Å². The first kappa shape index (κ1) is 16.5. The summed E-state index contributed by atoms with van der Waals surface area (Å²) in [5.41, 5.74) is -0.655. The highest BCUT2D eigenvalue weighted by atomic mass is 16.2. The number of hydrogen-bond donors (Lipinski definition) is 0. The van der Waals surface area contributed by atoms with Gasteiger partial charge in [-0.3, -0.25) is 23.6 Å². The molecule has 1 amide bonds. The molecular formula is C18H22N6O3. The summed E-state index contributed by atoms with van der Waals surface area (Å²) >= 11 is 0. The van der Waals surface area contributed by atoms with E-state index in [1.807, 2.05) is 4.90 Å². The number of likely N-dealkylation sites (tertiary alicyclic amines) is 1. The van der Waals surface area contributed by atoms with E-state index in [1.54, 1.807) is 24.0 Å². The Morgan fingerprint density at radius 3 is 2.78 bits per heavy atom. The summed E-state index contributed by atoms with van der Waals surface area (Å²) in [6.07, 6.45) is 5.24. The highest BCUT2D eigenvalue weighted by molar-refractivity contribution is 5.92. The molecule has 2 aromatic heterocycles. The number of rotatable bonds is 3. The van der Waals surface area contributed by atoms with E-state index < -0.39 is 11.1 Å². The third-order valence-corrected chi connectivity index (χ3v) is 6.13. The Morgan fingerprint density at radius 2 is 2.07 bits per heavy atom. The molecule has 142 valence electrons. The molecule has 27 heavy (non-hydrogen) atoms. The summed E-state index contributed by atoms with van der Waals surface area (Å²) in [6.45, 7) is 2.21. The largest absolute Gasteiger partial charge is 0.337 e. The van der Waals surface area contributed by atoms with Gasteiger partial charge in [0.15, 0.2) is 0 Å². The normalized spacial score (nSPS) is 24.0. The predicted molar refractivity (Wildman–Crippen MR) is 95.3 cm³/mol. The molecule has 1 aliphatic carbocycles. The summed E-state index contributed by atoms with van der Waals surface area (Å²) in [7, 11) is 1.75. The van der Waals surface area contributed by atoms with E-state index in [1.165, 1.54) is 9.25 Å². The number of amides is 1. The van der Waals surface area contributed by atoms with Gasteiger partial charge in [0.05, 0.1) is 0 Å². The fraction of sp³-hybridized carbons (Fsp3) is 0.611. The molecule has 2 aromatic rings. The number of carbonyl (C=O) groups is 1. The Balaban J connectivity index is 1.40. The van der Waals surface area contributed by atoms with E-state index in [9.17, 15) is 14.4 Å². The minimum Gasteiger partial charge on any atom is -0.337 e. The van der Waals surface area contributed by atoms with E-state index in [4.69, 9.17) is 0 Å². The van der Waals surface area contributed by atoms with Crippen LogP contribution in [-0.2, 0) is 26.6 Å². The van der Waals surface area contributed by atoms with Crippen molar-refractivity contribution in [3.63, 3.8) is 0 Å². The maximum absolute atomic E-state index is 12.8. The molecule has 0 radical (unpaired) electrons. The monoisotopic (exact) mass is 370 g/mol. The SMILES string of the molecule is Cn1nccc1C(=O)N1CCC2(Cc3nn(CC4CC4)c(=O)c(=O)n3C2)C1. The van der Waals surface area contributed by atoms with Crippen molar-refractivity contribution >= 4 is 5.91 Å². The standard InChI is InChI=1S/C18H22N6O3/c1-21-13(4-6-19-21)15(25)22-7-5-18(10-22)8-14-20-24(9-12-2-3-12)17(27)16(26)23(14)11-18/h4,6,12H,2-3,5,7-11H2,1H3. The summed E-state index contributed by atoms with van der Waals surface area (Å²) in [4.78, 5) is 39.5. The van der Waals surface area contributed by atoms with E-state index in [0.717, 1.165) is 19.3 Å². The fourth-order valence-electron chi connectivity index (χ4n) is 4.40. The number of aryl methyl sites for hydroxylation is 1. The highest BCUT2D eigenvalue weighted by Gasteiger charge is 2.46. The molecular weight excluding hydrogens is 348 g/mol. The maximum Gasteiger partial charge on any atom is 0.332 e. The molecule has 1 saturated heterocycles. The molecule has 5 rings (SSSR count). The van der Waals surface area contributed by atoms with Gasteiger partial charge in [-0.25, -0.2) is 4.68 Å². The second kappa shape index (κ2) is 5.64. The average Bonchev–Trinajstić information content (AvgIpc) is 3.04. The van der Waals surface area contributed by atoms with Crippen LogP contribution >= 0.6 is 0 Å². The van der Waals surface area contributed by atoms with Gasteiger partial charge < -0.3 is 4.90 Å². The molecule has 0 aromatic carbocycles. The second-order valence-corrected chi connectivity index (χ2v) is 8.23. The summed E-state index contributed by atoms with van der Waals surface area (Å²) in [6, 6.07) is 1.72. The molecule has 0 N–H and O–H groups in total. The van der Waals surface area contributed by atoms with Gasteiger partial charge in [0.1, 0.15) is 11.5 Å². The van der Waals surface area contributed by atoms with Crippen molar-refractivity contribution in [3.8, 4) is 0 Å². The van der Waals surface area contributed by atoms with E-state index in [0.29, 0.717) is 50.0 Å². The Hall–Kier alpha value is -2.71. The lowest BCUT2D eigenvalue weighted by Gasteiger charge is -2.22. The molecule has 2 fully saturated rings. The minimum absolute atomic E-state index is 0.0450. The molecule has 1 saturated carbocycles. The smallest absolute Gasteiger partial charge is 0.332 e. The first-order chi connectivity index (χ1) is 13.0. The van der Waals surface area contributed by atoms with Crippen LogP contribution in [0.2, 0.25) is 0 Å². The molecule has 1 atom stereocenters. The molecule has 1 spiro atoms. The third kappa shape index (κ3) is 2.64. The quantitative estimate of drug-likeness (QED) is 0.688. The Kier molecular flexibility index (Phi) is 3.44. The van der Waals surface area contributed by atoms with E-state index >= 15 is 0 Å². The average molecular weight is 370 g/mol. The van der Waals surface area contributed by atoms with Gasteiger partial charge in [-0.2, -0.15) is 10.2 Å². The van der Waals surface area contributed by atoms with Crippen LogP contribution in [0.3, 0.4) is 0 Å². The van der Waals surface area contributed by atoms with Gasteiger partial charge in [0, 0.05) is 51.3 Å². The van der Waals surface area contributed by atoms with Crippen LogP contribution < -0.4 is 11.1 Å². The van der Waals surface area contributed by atoms with E-state index in [-0.39, 0.29) is 11.3 Å². The lowest BCUT2D eigenvalue weighted by atomic mass is 9.86. The second-order valence-electron chi connectivity index (χ2n) is 8.23. The van der Waals surface area contributed by atoms with Gasteiger partial charge >= 0.3 is 11.1 Å². The summed E-state index contributed by atoms with van der Waals surface area (Å²) in [5, 5.41) is 8.56. The first-order valence-electron chi connectivity index (χ1n) is 9.44. The van der Waals surface area contributed by atoms with Crippen molar-refractivity contribution in [1.29, 1.82) is 0 Å². The van der Waals surface area contributed by atoms with Crippen molar-refractivity contribution in [3.05, 3.63) is 44.5 Å². The van der Waals surface area contributed by atoms with Crippen molar-refractivity contribution < 1.29 is 4.79 Å². The van der Waals surface area contributed by atoms with Gasteiger partial charge in [0.2, 0.25) is 0 Å². The van der Waals surface area contributed by atoms with Crippen molar-refractivity contribution in [2.75, 3.05) is 13.1 Å². The number of aromatic nitrogens is 5. The summed E-state index contributed by atoms with van der Waals surface area (Å²) < 4.78 is 4.47. The lowest BCUT2D eigenvalue weighted by Crippen LogP contribution is -2.43. The van der Waals surface area contributed by atoms with Gasteiger partial charge in [-0.15, -0.1) is 0 Å². The Morgan fingerprint density at radius 1 is 1.26 bits per heavy atom. The molecule has 2 aliphatic heterocycles. The van der Waals surface area contributed by atoms with E-state index in [2.05, 4.69) is 10.2 Å². The number of hydrogen-bond acceptors (Lipinski definition) is 5. The van der Waals surface area contributed by atoms with Crippen LogP contribution in [-0.4, -0.2) is 48.0 Å². The van der Waals surface area contributed by atoms with Crippen LogP contribution in [0.4, 0.5) is 0 Å². The minimum atomic E-state index is -0.525. The highest BCUT2D eigenvalue weighted by Crippen LogP contribution is 2.39. The van der Waals surface area contributed by atoms with Crippen molar-refractivity contribution in [1.82, 2.24) is 29.0 Å². The van der Waals surface area contributed by atoms with Crippen molar-refractivity contribution in [2.24, 2.45) is 18.4 Å². The zero-order chi connectivity index (χ0) is 18.8. The first-order valence-corrected chi connectivity index (χ1v) is 9.44. The van der Waals surface area contributed by atoms with Gasteiger partial charge in [0.25, 0.3) is 5.91 Å². The molecule has 3 aliphatic rings. The maximum atomic E-state index is 12.8. The van der Waals surface area contributed by atoms with Crippen LogP contribution in [0, 0.1) is 11.3 Å². The molecule has 4 heterocycles. The molecule has 1 unspecified atom stereocenters. The third-order valence-electron chi connectivity index (χ3n) is 6.13. The zero-order valence-electron chi connectivity index (χ0n) is 15.3. The topological polar surface area (TPSA) is 95.0 Å². The van der Waals surface area contributed by atoms with Crippen LogP contribution in [0.1, 0.15) is 35.6 Å². The summed E-state index contributed by atoms with van der Waals surface area (Å²) in [5.74, 6) is 1.11. The lowest BCUT2D eigenvalue weighted by molar-refractivity contribution is 0.0761. The van der Waals surface area contributed by atoms with Crippen LogP contribution in [0.15, 0.2) is 21.9 Å². The Labute approximate surface area is 155 Å². The molecule has 9 heteroatoms. The van der Waals surface area contributed by atoms with Crippen LogP contribution in [0.5, 0.6) is 0 Å². The van der Waals surface area contributed by atoms with Gasteiger partial charge in [-0.05, 0) is 31.2 Å². The Bertz CT molecular complexity index is 1050. The number of carbonyl (C=O) groups excluding carboxylic acids is 1.